The van der Waals surface area contributed by atoms with Gasteiger partial charge in [0, 0.05) is 22.3 Å². The summed E-state index contributed by atoms with van der Waals surface area (Å²) in [7, 11) is 0. The van der Waals surface area contributed by atoms with E-state index in [-0.39, 0.29) is 6.04 Å². The first-order chi connectivity index (χ1) is 10.0. The topological polar surface area (TPSA) is 21.3 Å². The van der Waals surface area contributed by atoms with Crippen LogP contribution in [0.2, 0.25) is 0 Å². The van der Waals surface area contributed by atoms with E-state index in [4.69, 9.17) is 4.74 Å². The van der Waals surface area contributed by atoms with Gasteiger partial charge in [0.15, 0.2) is 0 Å². The third-order valence-electron chi connectivity index (χ3n) is 3.17. The maximum Gasteiger partial charge on any atom is 0.121 e. The highest BCUT2D eigenvalue weighted by atomic mass is 79.9. The van der Waals surface area contributed by atoms with Crippen LogP contribution >= 0.6 is 15.9 Å². The molecule has 0 aliphatic heterocycles. The summed E-state index contributed by atoms with van der Waals surface area (Å²) in [5.41, 5.74) is 2.33. The molecule has 0 saturated heterocycles. The predicted molar refractivity (Wildman–Crippen MR) is 93.0 cm³/mol. The van der Waals surface area contributed by atoms with Gasteiger partial charge in [-0.1, -0.05) is 48.0 Å². The van der Waals surface area contributed by atoms with Crippen molar-refractivity contribution in [2.45, 2.75) is 26.8 Å². The maximum atomic E-state index is 5.76. The first kappa shape index (κ1) is 15.9. The third-order valence-corrected chi connectivity index (χ3v) is 3.70. The standard InChI is InChI=1S/C18H22BrNO/c1-13(2)12-21-18-6-4-5-17(11-18)20-14(3)15-7-9-16(19)10-8-15/h4-11,13-14,20H,12H2,1-3H3. The van der Waals surface area contributed by atoms with Gasteiger partial charge in [-0.3, -0.25) is 0 Å². The number of rotatable bonds is 6. The molecule has 1 unspecified atom stereocenters. The van der Waals surface area contributed by atoms with Crippen molar-refractivity contribution >= 4 is 21.6 Å². The smallest absolute Gasteiger partial charge is 0.121 e. The zero-order valence-corrected chi connectivity index (χ0v) is 14.4. The van der Waals surface area contributed by atoms with Crippen molar-refractivity contribution in [3.63, 3.8) is 0 Å². The van der Waals surface area contributed by atoms with Crippen molar-refractivity contribution in [3.8, 4) is 5.75 Å². The molecular formula is C18H22BrNO. The molecule has 0 aromatic heterocycles. The molecule has 0 fully saturated rings. The Hall–Kier alpha value is -1.48. The first-order valence-corrected chi connectivity index (χ1v) is 8.09. The largest absolute Gasteiger partial charge is 0.493 e. The van der Waals surface area contributed by atoms with Crippen LogP contribution in [0.1, 0.15) is 32.4 Å². The molecule has 0 spiro atoms. The second-order valence-electron chi connectivity index (χ2n) is 5.65. The molecule has 3 heteroatoms. The molecule has 0 radical (unpaired) electrons. The Morgan fingerprint density at radius 1 is 1.05 bits per heavy atom. The van der Waals surface area contributed by atoms with Crippen LogP contribution in [0.25, 0.3) is 0 Å². The highest BCUT2D eigenvalue weighted by Crippen LogP contribution is 2.24. The van der Waals surface area contributed by atoms with Gasteiger partial charge in [-0.05, 0) is 42.7 Å². The van der Waals surface area contributed by atoms with E-state index in [0.29, 0.717) is 5.92 Å². The molecule has 2 nitrogen and oxygen atoms in total. The summed E-state index contributed by atoms with van der Waals surface area (Å²) in [6, 6.07) is 16.8. The molecule has 0 saturated carbocycles. The van der Waals surface area contributed by atoms with E-state index in [1.54, 1.807) is 0 Å². The Bertz CT molecular complexity index is 566. The molecule has 0 aliphatic carbocycles. The van der Waals surface area contributed by atoms with Gasteiger partial charge in [0.1, 0.15) is 5.75 Å². The van der Waals surface area contributed by atoms with Gasteiger partial charge in [0.2, 0.25) is 0 Å². The van der Waals surface area contributed by atoms with Gasteiger partial charge in [0.05, 0.1) is 6.61 Å². The lowest BCUT2D eigenvalue weighted by Gasteiger charge is -2.17. The van der Waals surface area contributed by atoms with Crippen molar-refractivity contribution in [2.75, 3.05) is 11.9 Å². The van der Waals surface area contributed by atoms with Crippen LogP contribution in [0.5, 0.6) is 5.75 Å². The van der Waals surface area contributed by atoms with Crippen LogP contribution in [0.4, 0.5) is 5.69 Å². The van der Waals surface area contributed by atoms with E-state index in [0.717, 1.165) is 22.5 Å². The molecule has 0 aliphatic rings. The van der Waals surface area contributed by atoms with Crippen molar-refractivity contribution in [1.82, 2.24) is 0 Å². The Morgan fingerprint density at radius 2 is 1.76 bits per heavy atom. The van der Waals surface area contributed by atoms with Gasteiger partial charge in [0.25, 0.3) is 0 Å². The summed E-state index contributed by atoms with van der Waals surface area (Å²) in [6.45, 7) is 7.20. The Labute approximate surface area is 135 Å². The summed E-state index contributed by atoms with van der Waals surface area (Å²) >= 11 is 3.46. The minimum atomic E-state index is 0.249. The molecule has 2 rings (SSSR count). The number of anilines is 1. The van der Waals surface area contributed by atoms with Crippen LogP contribution in [0, 0.1) is 5.92 Å². The average Bonchev–Trinajstić information content (AvgIpc) is 2.46. The van der Waals surface area contributed by atoms with Gasteiger partial charge in [-0.2, -0.15) is 0 Å². The fourth-order valence-electron chi connectivity index (χ4n) is 2.02. The molecule has 21 heavy (non-hydrogen) atoms. The minimum Gasteiger partial charge on any atom is -0.493 e. The zero-order chi connectivity index (χ0) is 15.2. The lowest BCUT2D eigenvalue weighted by molar-refractivity contribution is 0.271. The average molecular weight is 348 g/mol. The number of halogens is 1. The Kier molecular flexibility index (Phi) is 5.68. The van der Waals surface area contributed by atoms with E-state index in [1.165, 1.54) is 5.56 Å². The molecule has 0 amide bonds. The van der Waals surface area contributed by atoms with Crippen molar-refractivity contribution in [3.05, 3.63) is 58.6 Å². The molecule has 2 aromatic carbocycles. The van der Waals surface area contributed by atoms with Gasteiger partial charge >= 0.3 is 0 Å². The van der Waals surface area contributed by atoms with E-state index in [2.05, 4.69) is 78.4 Å². The highest BCUT2D eigenvalue weighted by Gasteiger charge is 2.06. The molecule has 1 atom stereocenters. The number of hydrogen-bond donors (Lipinski definition) is 1. The van der Waals surface area contributed by atoms with E-state index >= 15 is 0 Å². The Morgan fingerprint density at radius 3 is 2.43 bits per heavy atom. The molecule has 1 N–H and O–H groups in total. The number of nitrogens with one attached hydrogen (secondary N) is 1. The number of benzene rings is 2. The lowest BCUT2D eigenvalue weighted by Crippen LogP contribution is -2.07. The fourth-order valence-corrected chi connectivity index (χ4v) is 2.29. The summed E-state index contributed by atoms with van der Waals surface area (Å²) in [5.74, 6) is 1.44. The van der Waals surface area contributed by atoms with Crippen molar-refractivity contribution < 1.29 is 4.74 Å². The molecular weight excluding hydrogens is 326 g/mol. The lowest BCUT2D eigenvalue weighted by atomic mass is 10.1. The first-order valence-electron chi connectivity index (χ1n) is 7.29. The van der Waals surface area contributed by atoms with E-state index < -0.39 is 0 Å². The van der Waals surface area contributed by atoms with Crippen LogP contribution in [-0.4, -0.2) is 6.61 Å². The van der Waals surface area contributed by atoms with Crippen LogP contribution in [0.15, 0.2) is 53.0 Å². The number of ether oxygens (including phenoxy) is 1. The molecule has 112 valence electrons. The fraction of sp³-hybridized carbons (Fsp3) is 0.333. The van der Waals surface area contributed by atoms with Gasteiger partial charge < -0.3 is 10.1 Å². The molecule has 2 aromatic rings. The summed E-state index contributed by atoms with van der Waals surface area (Å²) < 4.78 is 6.86. The second-order valence-corrected chi connectivity index (χ2v) is 6.57. The normalized spacial score (nSPS) is 12.2. The summed E-state index contributed by atoms with van der Waals surface area (Å²) in [4.78, 5) is 0. The third kappa shape index (κ3) is 5.09. The molecule has 0 bridgehead atoms. The van der Waals surface area contributed by atoms with Crippen LogP contribution in [0.3, 0.4) is 0 Å². The quantitative estimate of drug-likeness (QED) is 0.728. The molecule has 0 heterocycles. The zero-order valence-electron chi connectivity index (χ0n) is 12.8. The number of hydrogen-bond acceptors (Lipinski definition) is 2. The van der Waals surface area contributed by atoms with E-state index in [9.17, 15) is 0 Å². The predicted octanol–water partition coefficient (Wildman–Crippen LogP) is 5.66. The Balaban J connectivity index is 2.01. The minimum absolute atomic E-state index is 0.249. The van der Waals surface area contributed by atoms with Crippen molar-refractivity contribution in [1.29, 1.82) is 0 Å². The van der Waals surface area contributed by atoms with Gasteiger partial charge in [-0.15, -0.1) is 0 Å². The van der Waals surface area contributed by atoms with Crippen molar-refractivity contribution in [2.24, 2.45) is 5.92 Å². The highest BCUT2D eigenvalue weighted by molar-refractivity contribution is 9.10. The monoisotopic (exact) mass is 347 g/mol. The van der Waals surface area contributed by atoms with Crippen LogP contribution in [-0.2, 0) is 0 Å². The van der Waals surface area contributed by atoms with Crippen LogP contribution < -0.4 is 10.1 Å². The summed E-state index contributed by atoms with van der Waals surface area (Å²) in [6.07, 6.45) is 0. The van der Waals surface area contributed by atoms with E-state index in [1.807, 2.05) is 12.1 Å². The second kappa shape index (κ2) is 7.51. The maximum absolute atomic E-state index is 5.76. The summed E-state index contributed by atoms with van der Waals surface area (Å²) in [5, 5.41) is 3.51. The van der Waals surface area contributed by atoms with Gasteiger partial charge in [-0.25, -0.2) is 0 Å². The SMILES string of the molecule is CC(C)COc1cccc(NC(C)c2ccc(Br)cc2)c1.